The summed E-state index contributed by atoms with van der Waals surface area (Å²) < 4.78 is 0. The summed E-state index contributed by atoms with van der Waals surface area (Å²) in [5.41, 5.74) is 0. The van der Waals surface area contributed by atoms with Gasteiger partial charge in [-0.2, -0.15) is 0 Å². The first-order valence-electron chi connectivity index (χ1n) is 9.47. The number of nitrogens with one attached hydrogen (secondary N) is 1. The average molecular weight is 280 g/mol. The maximum absolute atomic E-state index is 3.75. The Hall–Kier alpha value is -0.0400. The van der Waals surface area contributed by atoms with Crippen LogP contribution in [0.15, 0.2) is 0 Å². The Bertz CT molecular complexity index is 254. The second kappa shape index (κ2) is 8.41. The van der Waals surface area contributed by atoms with E-state index in [1.165, 1.54) is 70.6 Å². The topological polar surface area (TPSA) is 12.0 Å². The Morgan fingerprint density at radius 3 is 2.25 bits per heavy atom. The summed E-state index contributed by atoms with van der Waals surface area (Å²) in [5, 5.41) is 3.75. The average Bonchev–Trinajstić information content (AvgIpc) is 2.50. The molecule has 20 heavy (non-hydrogen) atoms. The fourth-order valence-corrected chi connectivity index (χ4v) is 5.26. The van der Waals surface area contributed by atoms with E-state index in [9.17, 15) is 0 Å². The minimum Gasteiger partial charge on any atom is -0.316 e. The smallest absolute Gasteiger partial charge is 0.0123 e. The summed E-state index contributed by atoms with van der Waals surface area (Å²) in [4.78, 5) is 0. The molecule has 0 spiro atoms. The Kier molecular flexibility index (Phi) is 6.87. The highest BCUT2D eigenvalue weighted by atomic mass is 14.9. The van der Waals surface area contributed by atoms with Gasteiger partial charge in [-0.3, -0.25) is 0 Å². The van der Waals surface area contributed by atoms with Gasteiger partial charge in [0.15, 0.2) is 0 Å². The van der Waals surface area contributed by atoms with Gasteiger partial charge >= 0.3 is 0 Å². The molecule has 0 aromatic carbocycles. The predicted molar refractivity (Wildman–Crippen MR) is 88.9 cm³/mol. The predicted octanol–water partition coefficient (Wildman–Crippen LogP) is 5.40. The third kappa shape index (κ3) is 4.00. The summed E-state index contributed by atoms with van der Waals surface area (Å²) in [6.45, 7) is 4.75. The van der Waals surface area contributed by atoms with E-state index in [-0.39, 0.29) is 0 Å². The third-order valence-electron chi connectivity index (χ3n) is 6.38. The summed E-state index contributed by atoms with van der Waals surface area (Å²) in [7, 11) is 2.23. The van der Waals surface area contributed by atoms with Crippen molar-refractivity contribution in [3.63, 3.8) is 0 Å². The van der Waals surface area contributed by atoms with Gasteiger partial charge in [-0.1, -0.05) is 65.2 Å². The first kappa shape index (κ1) is 16.3. The lowest BCUT2D eigenvalue weighted by Crippen LogP contribution is -2.45. The second-order valence-electron chi connectivity index (χ2n) is 7.50. The standard InChI is InChI=1S/C19H37N/c1-4-8-15-11-13-17(14-12-15)19(20-3)18-10-7-6-9-16(18)5-2/h15-20H,4-14H2,1-3H3. The molecule has 3 atom stereocenters. The molecule has 0 aromatic rings. The van der Waals surface area contributed by atoms with Crippen LogP contribution in [0.1, 0.15) is 84.5 Å². The molecule has 2 aliphatic rings. The molecule has 1 nitrogen and oxygen atoms in total. The molecule has 2 rings (SSSR count). The van der Waals surface area contributed by atoms with E-state index >= 15 is 0 Å². The van der Waals surface area contributed by atoms with Crippen LogP contribution in [-0.2, 0) is 0 Å². The minimum atomic E-state index is 0.808. The molecule has 0 heterocycles. The molecule has 2 fully saturated rings. The highest BCUT2D eigenvalue weighted by Crippen LogP contribution is 2.41. The zero-order valence-corrected chi connectivity index (χ0v) is 14.2. The Balaban J connectivity index is 1.91. The van der Waals surface area contributed by atoms with Crippen LogP contribution < -0.4 is 5.32 Å². The van der Waals surface area contributed by atoms with Crippen molar-refractivity contribution in [3.05, 3.63) is 0 Å². The van der Waals surface area contributed by atoms with Crippen molar-refractivity contribution < 1.29 is 0 Å². The van der Waals surface area contributed by atoms with Gasteiger partial charge in [0.25, 0.3) is 0 Å². The Morgan fingerprint density at radius 1 is 0.950 bits per heavy atom. The van der Waals surface area contributed by atoms with E-state index in [4.69, 9.17) is 0 Å². The van der Waals surface area contributed by atoms with Crippen LogP contribution in [0.25, 0.3) is 0 Å². The van der Waals surface area contributed by atoms with Crippen LogP contribution in [0, 0.1) is 23.7 Å². The molecule has 0 aliphatic heterocycles. The fourth-order valence-electron chi connectivity index (χ4n) is 5.26. The van der Waals surface area contributed by atoms with E-state index in [2.05, 4.69) is 26.2 Å². The fraction of sp³-hybridized carbons (Fsp3) is 1.00. The monoisotopic (exact) mass is 279 g/mol. The maximum atomic E-state index is 3.75. The van der Waals surface area contributed by atoms with Gasteiger partial charge in [0, 0.05) is 6.04 Å². The Labute approximate surface area is 127 Å². The molecule has 0 radical (unpaired) electrons. The van der Waals surface area contributed by atoms with E-state index in [1.54, 1.807) is 0 Å². The molecule has 3 unspecified atom stereocenters. The zero-order chi connectivity index (χ0) is 14.4. The van der Waals surface area contributed by atoms with Gasteiger partial charge in [-0.25, -0.2) is 0 Å². The van der Waals surface area contributed by atoms with Crippen molar-refractivity contribution in [2.24, 2.45) is 23.7 Å². The molecule has 118 valence electrons. The summed E-state index contributed by atoms with van der Waals surface area (Å²) in [5.74, 6) is 3.97. The first-order valence-corrected chi connectivity index (χ1v) is 9.47. The molecule has 0 amide bonds. The molecular formula is C19H37N. The molecule has 1 heteroatoms. The van der Waals surface area contributed by atoms with Gasteiger partial charge in [-0.05, 0) is 50.0 Å². The zero-order valence-electron chi connectivity index (χ0n) is 14.2. The SMILES string of the molecule is CCCC1CCC(C(NC)C2CCCCC2CC)CC1. The molecule has 2 aliphatic carbocycles. The van der Waals surface area contributed by atoms with Crippen LogP contribution in [0.2, 0.25) is 0 Å². The van der Waals surface area contributed by atoms with Crippen LogP contribution in [0.3, 0.4) is 0 Å². The third-order valence-corrected chi connectivity index (χ3v) is 6.38. The van der Waals surface area contributed by atoms with Crippen molar-refractivity contribution in [1.82, 2.24) is 5.32 Å². The lowest BCUT2D eigenvalue weighted by molar-refractivity contribution is 0.112. The number of rotatable bonds is 6. The van der Waals surface area contributed by atoms with E-state index in [0.29, 0.717) is 0 Å². The van der Waals surface area contributed by atoms with Crippen LogP contribution in [-0.4, -0.2) is 13.1 Å². The largest absolute Gasteiger partial charge is 0.316 e. The lowest BCUT2D eigenvalue weighted by atomic mass is 9.67. The van der Waals surface area contributed by atoms with E-state index in [0.717, 1.165) is 29.7 Å². The van der Waals surface area contributed by atoms with Crippen LogP contribution in [0.5, 0.6) is 0 Å². The van der Waals surface area contributed by atoms with Crippen LogP contribution >= 0.6 is 0 Å². The lowest BCUT2D eigenvalue weighted by Gasteiger charge is -2.43. The van der Waals surface area contributed by atoms with Crippen molar-refractivity contribution in [3.8, 4) is 0 Å². The van der Waals surface area contributed by atoms with Crippen LogP contribution in [0.4, 0.5) is 0 Å². The Morgan fingerprint density at radius 2 is 1.65 bits per heavy atom. The molecule has 2 saturated carbocycles. The van der Waals surface area contributed by atoms with Crippen molar-refractivity contribution >= 4 is 0 Å². The molecule has 1 N–H and O–H groups in total. The van der Waals surface area contributed by atoms with Gasteiger partial charge in [0.1, 0.15) is 0 Å². The van der Waals surface area contributed by atoms with Gasteiger partial charge < -0.3 is 5.32 Å². The second-order valence-corrected chi connectivity index (χ2v) is 7.50. The van der Waals surface area contributed by atoms with E-state index < -0.39 is 0 Å². The van der Waals surface area contributed by atoms with Crippen molar-refractivity contribution in [1.29, 1.82) is 0 Å². The molecule has 0 aromatic heterocycles. The van der Waals surface area contributed by atoms with Gasteiger partial charge in [0.2, 0.25) is 0 Å². The van der Waals surface area contributed by atoms with Crippen molar-refractivity contribution in [2.45, 2.75) is 90.5 Å². The minimum absolute atomic E-state index is 0.808. The highest BCUT2D eigenvalue weighted by molar-refractivity contribution is 4.90. The first-order chi connectivity index (χ1) is 9.80. The van der Waals surface area contributed by atoms with Crippen molar-refractivity contribution in [2.75, 3.05) is 7.05 Å². The molecule has 0 saturated heterocycles. The van der Waals surface area contributed by atoms with Gasteiger partial charge in [-0.15, -0.1) is 0 Å². The highest BCUT2D eigenvalue weighted by Gasteiger charge is 2.36. The molecular weight excluding hydrogens is 242 g/mol. The number of hydrogen-bond acceptors (Lipinski definition) is 1. The number of hydrogen-bond donors (Lipinski definition) is 1. The normalized spacial score (nSPS) is 36.8. The summed E-state index contributed by atoms with van der Waals surface area (Å²) in [6, 6.07) is 0.808. The maximum Gasteiger partial charge on any atom is 0.0123 e. The summed E-state index contributed by atoms with van der Waals surface area (Å²) >= 11 is 0. The summed E-state index contributed by atoms with van der Waals surface area (Å²) in [6.07, 6.45) is 16.2. The molecule has 0 bridgehead atoms. The van der Waals surface area contributed by atoms with E-state index in [1.807, 2.05) is 0 Å². The van der Waals surface area contributed by atoms with Gasteiger partial charge in [0.05, 0.1) is 0 Å². The quantitative estimate of drug-likeness (QED) is 0.686.